The second kappa shape index (κ2) is 13.5. The number of hydrogen-bond acceptors (Lipinski definition) is 7. The van der Waals surface area contributed by atoms with Gasteiger partial charge in [0.05, 0.1) is 27.4 Å². The second-order valence-electron chi connectivity index (χ2n) is 8.99. The van der Waals surface area contributed by atoms with E-state index < -0.39 is 0 Å². The predicted molar refractivity (Wildman–Crippen MR) is 141 cm³/mol. The molecule has 0 bridgehead atoms. The molecule has 0 aliphatic carbocycles. The Bertz CT molecular complexity index is 1150. The Balaban J connectivity index is 1.46. The molecule has 0 radical (unpaired) electrons. The summed E-state index contributed by atoms with van der Waals surface area (Å²) in [6, 6.07) is 17.1. The van der Waals surface area contributed by atoms with Gasteiger partial charge in [0.2, 0.25) is 11.8 Å². The highest BCUT2D eigenvalue weighted by molar-refractivity contribution is 5.78. The number of rotatable bonds is 6. The van der Waals surface area contributed by atoms with Gasteiger partial charge in [-0.25, -0.2) is 4.98 Å². The summed E-state index contributed by atoms with van der Waals surface area (Å²) in [6.45, 7) is 2.64. The molecule has 4 rings (SSSR count). The van der Waals surface area contributed by atoms with E-state index in [0.29, 0.717) is 48.6 Å². The summed E-state index contributed by atoms with van der Waals surface area (Å²) in [7, 11) is 3.22. The van der Waals surface area contributed by atoms with Crippen LogP contribution in [0.2, 0.25) is 0 Å². The van der Waals surface area contributed by atoms with Crippen molar-refractivity contribution >= 4 is 5.91 Å². The summed E-state index contributed by atoms with van der Waals surface area (Å²) >= 11 is 0. The van der Waals surface area contributed by atoms with Crippen molar-refractivity contribution in [1.29, 1.82) is 0 Å². The van der Waals surface area contributed by atoms with Gasteiger partial charge in [0.25, 0.3) is 0 Å². The van der Waals surface area contributed by atoms with Crippen molar-refractivity contribution in [2.24, 2.45) is 0 Å². The zero-order valence-corrected chi connectivity index (χ0v) is 21.6. The molecular formula is C29H35N3O5. The fraction of sp³-hybridized carbons (Fsp3) is 0.379. The fourth-order valence-corrected chi connectivity index (χ4v) is 4.25. The monoisotopic (exact) mass is 505 g/mol. The molecule has 196 valence electrons. The maximum atomic E-state index is 13.0. The van der Waals surface area contributed by atoms with Crippen LogP contribution < -0.4 is 24.3 Å². The normalized spacial score (nSPS) is 14.6. The van der Waals surface area contributed by atoms with E-state index in [0.717, 1.165) is 43.4 Å². The van der Waals surface area contributed by atoms with Gasteiger partial charge in [-0.3, -0.25) is 9.69 Å². The molecule has 1 N–H and O–H groups in total. The lowest BCUT2D eigenvalue weighted by molar-refractivity contribution is -0.122. The Labute approximate surface area is 218 Å². The predicted octanol–water partition coefficient (Wildman–Crippen LogP) is 4.96. The van der Waals surface area contributed by atoms with Crippen LogP contribution in [0.3, 0.4) is 0 Å². The Morgan fingerprint density at radius 1 is 0.973 bits per heavy atom. The van der Waals surface area contributed by atoms with Crippen LogP contribution in [0, 0.1) is 0 Å². The number of carbonyl (C=O) groups is 1. The summed E-state index contributed by atoms with van der Waals surface area (Å²) in [5, 5.41) is 3.04. The van der Waals surface area contributed by atoms with Crippen LogP contribution in [-0.2, 0) is 17.9 Å². The molecule has 0 saturated heterocycles. The highest BCUT2D eigenvalue weighted by Gasteiger charge is 2.17. The Kier molecular flexibility index (Phi) is 9.60. The smallest absolute Gasteiger partial charge is 0.234 e. The van der Waals surface area contributed by atoms with Crippen LogP contribution in [0.25, 0.3) is 0 Å². The van der Waals surface area contributed by atoms with Gasteiger partial charge < -0.3 is 24.3 Å². The first-order valence-corrected chi connectivity index (χ1v) is 12.7. The number of pyridine rings is 1. The van der Waals surface area contributed by atoms with Crippen LogP contribution in [0.5, 0.6) is 28.9 Å². The second-order valence-corrected chi connectivity index (χ2v) is 8.99. The maximum absolute atomic E-state index is 13.0. The molecule has 0 unspecified atom stereocenters. The number of fused-ring (bicyclic) bond motifs is 2. The summed E-state index contributed by atoms with van der Waals surface area (Å²) in [5.74, 6) is 3.19. The summed E-state index contributed by atoms with van der Waals surface area (Å²) in [4.78, 5) is 19.6. The average molecular weight is 506 g/mol. The molecule has 3 aromatic rings. The van der Waals surface area contributed by atoms with Crippen molar-refractivity contribution in [1.82, 2.24) is 15.2 Å². The van der Waals surface area contributed by atoms with E-state index in [-0.39, 0.29) is 12.5 Å². The third kappa shape index (κ3) is 7.85. The first kappa shape index (κ1) is 26.3. The number of nitrogens with zero attached hydrogens (tertiary/aromatic N) is 2. The topological polar surface area (TPSA) is 82.2 Å². The van der Waals surface area contributed by atoms with E-state index in [2.05, 4.69) is 15.2 Å². The number of amides is 1. The van der Waals surface area contributed by atoms with Crippen molar-refractivity contribution in [2.75, 3.05) is 33.9 Å². The summed E-state index contributed by atoms with van der Waals surface area (Å²) < 4.78 is 22.9. The Morgan fingerprint density at radius 2 is 1.73 bits per heavy atom. The molecule has 8 heteroatoms. The highest BCUT2D eigenvalue weighted by Crippen LogP contribution is 2.32. The van der Waals surface area contributed by atoms with Gasteiger partial charge in [0, 0.05) is 30.9 Å². The molecule has 8 nitrogen and oxygen atoms in total. The number of carbonyl (C=O) groups excluding carboxylic acids is 1. The molecule has 1 aliphatic heterocycles. The third-order valence-corrected chi connectivity index (χ3v) is 6.19. The van der Waals surface area contributed by atoms with Gasteiger partial charge >= 0.3 is 0 Å². The lowest BCUT2D eigenvalue weighted by Crippen LogP contribution is -2.37. The Morgan fingerprint density at radius 3 is 2.51 bits per heavy atom. The quantitative estimate of drug-likeness (QED) is 0.507. The number of benzene rings is 2. The molecule has 2 aromatic carbocycles. The van der Waals surface area contributed by atoms with Gasteiger partial charge in [0.1, 0.15) is 11.5 Å². The van der Waals surface area contributed by atoms with Crippen LogP contribution in [0.1, 0.15) is 36.8 Å². The lowest BCUT2D eigenvalue weighted by Gasteiger charge is -2.23. The van der Waals surface area contributed by atoms with Crippen molar-refractivity contribution in [3.8, 4) is 28.9 Å². The largest absolute Gasteiger partial charge is 0.497 e. The van der Waals surface area contributed by atoms with E-state index in [4.69, 9.17) is 18.9 Å². The molecular weight excluding hydrogens is 470 g/mol. The van der Waals surface area contributed by atoms with Crippen LogP contribution >= 0.6 is 0 Å². The summed E-state index contributed by atoms with van der Waals surface area (Å²) in [6.07, 6.45) is 5.81. The van der Waals surface area contributed by atoms with Crippen molar-refractivity contribution in [3.63, 3.8) is 0 Å². The van der Waals surface area contributed by atoms with Crippen LogP contribution in [0.4, 0.5) is 0 Å². The number of methoxy groups -OCH3 is 2. The molecule has 1 aromatic heterocycles. The zero-order valence-electron chi connectivity index (χ0n) is 21.6. The van der Waals surface area contributed by atoms with Gasteiger partial charge in [-0.15, -0.1) is 0 Å². The van der Waals surface area contributed by atoms with Gasteiger partial charge in [-0.05, 0) is 55.3 Å². The summed E-state index contributed by atoms with van der Waals surface area (Å²) in [5.41, 5.74) is 1.83. The molecule has 2 heterocycles. The van der Waals surface area contributed by atoms with Crippen molar-refractivity contribution in [3.05, 3.63) is 71.9 Å². The SMILES string of the molecule is COc1cc(CNC(=O)CN2CCCCCCOc3ccccc3Oc3ncccc3C2)cc(OC)c1. The molecule has 0 atom stereocenters. The fourth-order valence-electron chi connectivity index (χ4n) is 4.25. The average Bonchev–Trinajstić information content (AvgIpc) is 2.92. The van der Waals surface area contributed by atoms with Crippen molar-refractivity contribution in [2.45, 2.75) is 38.8 Å². The molecule has 0 spiro atoms. The molecule has 1 aliphatic rings. The first-order valence-electron chi connectivity index (χ1n) is 12.7. The minimum atomic E-state index is -0.0481. The standard InChI is InChI=1S/C29H35N3O5/c1-34-24-16-22(17-25(18-24)35-2)19-31-28(33)21-32-14-7-3-4-8-15-36-26-11-5-6-12-27(26)37-29-23(20-32)10-9-13-30-29/h5-6,9-13,16-18H,3-4,7-8,14-15,19-21H2,1-2H3,(H,31,33). The minimum absolute atomic E-state index is 0.0481. The third-order valence-electron chi connectivity index (χ3n) is 6.19. The molecule has 0 saturated carbocycles. The first-order chi connectivity index (χ1) is 18.1. The van der Waals surface area contributed by atoms with Gasteiger partial charge in [0.15, 0.2) is 11.5 Å². The van der Waals surface area contributed by atoms with Crippen LogP contribution in [0.15, 0.2) is 60.8 Å². The molecule has 37 heavy (non-hydrogen) atoms. The van der Waals surface area contributed by atoms with E-state index in [9.17, 15) is 4.79 Å². The number of nitrogens with one attached hydrogen (secondary N) is 1. The van der Waals surface area contributed by atoms with Gasteiger partial charge in [-0.1, -0.05) is 31.0 Å². The van der Waals surface area contributed by atoms with Crippen molar-refractivity contribution < 1.29 is 23.7 Å². The Hall–Kier alpha value is -3.78. The number of para-hydroxylation sites is 2. The van der Waals surface area contributed by atoms with E-state index in [1.165, 1.54) is 0 Å². The van der Waals surface area contributed by atoms with E-state index >= 15 is 0 Å². The van der Waals surface area contributed by atoms with E-state index in [1.54, 1.807) is 20.4 Å². The lowest BCUT2D eigenvalue weighted by atomic mass is 10.1. The molecule has 0 fully saturated rings. The number of ether oxygens (including phenoxy) is 4. The van der Waals surface area contributed by atoms with Crippen LogP contribution in [-0.4, -0.2) is 49.7 Å². The van der Waals surface area contributed by atoms with Gasteiger partial charge in [-0.2, -0.15) is 0 Å². The maximum Gasteiger partial charge on any atom is 0.234 e. The molecule has 1 amide bonds. The van der Waals surface area contributed by atoms with E-state index in [1.807, 2.05) is 54.6 Å². The number of aromatic nitrogens is 1. The number of hydrogen-bond donors (Lipinski definition) is 1. The highest BCUT2D eigenvalue weighted by atomic mass is 16.5. The minimum Gasteiger partial charge on any atom is -0.497 e. The zero-order chi connectivity index (χ0) is 25.9.